The molecule has 0 aliphatic heterocycles. The van der Waals surface area contributed by atoms with Gasteiger partial charge in [-0.15, -0.1) is 0 Å². The fourth-order valence-corrected chi connectivity index (χ4v) is 1.25. The summed E-state index contributed by atoms with van der Waals surface area (Å²) in [5.41, 5.74) is 1.97. The van der Waals surface area contributed by atoms with Crippen LogP contribution in [0.15, 0.2) is 22.9 Å². The summed E-state index contributed by atoms with van der Waals surface area (Å²) < 4.78 is 4.98. The first-order chi connectivity index (χ1) is 7.24. The highest BCUT2D eigenvalue weighted by Crippen LogP contribution is 2.08. The third kappa shape index (κ3) is 2.52. The van der Waals surface area contributed by atoms with E-state index >= 15 is 0 Å². The molecule has 0 atom stereocenters. The molecule has 0 aliphatic carbocycles. The van der Waals surface area contributed by atoms with E-state index in [1.165, 1.54) is 0 Å². The molecule has 2 aromatic heterocycles. The predicted octanol–water partition coefficient (Wildman–Crippen LogP) is 1.69. The number of hydrogen-bond donors (Lipinski definition) is 1. The fourth-order valence-electron chi connectivity index (χ4n) is 1.25. The second kappa shape index (κ2) is 4.08. The van der Waals surface area contributed by atoms with Crippen molar-refractivity contribution < 1.29 is 4.52 Å². The topological polar surface area (TPSA) is 63.8 Å². The zero-order valence-electron chi connectivity index (χ0n) is 8.69. The number of nitrogens with one attached hydrogen (secondary N) is 1. The lowest BCUT2D eigenvalue weighted by Crippen LogP contribution is -2.00. The molecule has 2 rings (SSSR count). The van der Waals surface area contributed by atoms with E-state index in [-0.39, 0.29) is 0 Å². The van der Waals surface area contributed by atoms with Gasteiger partial charge < -0.3 is 9.84 Å². The lowest BCUT2D eigenvalue weighted by molar-refractivity contribution is 0.379. The molecule has 0 radical (unpaired) electrons. The van der Waals surface area contributed by atoms with Gasteiger partial charge in [0, 0.05) is 17.6 Å². The zero-order chi connectivity index (χ0) is 10.7. The molecule has 0 amide bonds. The van der Waals surface area contributed by atoms with Crippen LogP contribution in [0.5, 0.6) is 0 Å². The smallest absolute Gasteiger partial charge is 0.245 e. The monoisotopic (exact) mass is 204 g/mol. The van der Waals surface area contributed by atoms with E-state index in [0.29, 0.717) is 18.3 Å². The Labute approximate surface area is 87.5 Å². The summed E-state index contributed by atoms with van der Waals surface area (Å²) in [6, 6.07) is 3.86. The van der Waals surface area contributed by atoms with Crippen molar-refractivity contribution in [3.05, 3.63) is 35.7 Å². The SMILES string of the molecule is Cc1cc(NCc2nc(C)no2)ccn1. The van der Waals surface area contributed by atoms with Gasteiger partial charge in [-0.25, -0.2) is 0 Å². The van der Waals surface area contributed by atoms with Crippen molar-refractivity contribution in [1.82, 2.24) is 15.1 Å². The van der Waals surface area contributed by atoms with Crippen LogP contribution in [0.3, 0.4) is 0 Å². The molecule has 0 fully saturated rings. The van der Waals surface area contributed by atoms with Crippen LogP contribution in [-0.2, 0) is 6.54 Å². The Kier molecular flexibility index (Phi) is 2.62. The molecular formula is C10H12N4O. The van der Waals surface area contributed by atoms with Crippen molar-refractivity contribution in [3.8, 4) is 0 Å². The number of aromatic nitrogens is 3. The third-order valence-electron chi connectivity index (χ3n) is 1.91. The molecule has 0 saturated carbocycles. The van der Waals surface area contributed by atoms with E-state index in [2.05, 4.69) is 20.4 Å². The van der Waals surface area contributed by atoms with Gasteiger partial charge in [-0.2, -0.15) is 4.98 Å². The van der Waals surface area contributed by atoms with Crippen LogP contribution in [0.1, 0.15) is 17.4 Å². The molecule has 2 heterocycles. The van der Waals surface area contributed by atoms with Gasteiger partial charge in [0.25, 0.3) is 0 Å². The Hall–Kier alpha value is -1.91. The Morgan fingerprint density at radius 2 is 2.27 bits per heavy atom. The van der Waals surface area contributed by atoms with Crippen LogP contribution < -0.4 is 5.32 Å². The van der Waals surface area contributed by atoms with Crippen LogP contribution in [0.2, 0.25) is 0 Å². The number of rotatable bonds is 3. The maximum Gasteiger partial charge on any atom is 0.245 e. The summed E-state index contributed by atoms with van der Waals surface area (Å²) in [7, 11) is 0. The fraction of sp³-hybridized carbons (Fsp3) is 0.300. The van der Waals surface area contributed by atoms with Gasteiger partial charge in [0.05, 0.1) is 6.54 Å². The molecule has 0 unspecified atom stereocenters. The van der Waals surface area contributed by atoms with Crippen LogP contribution in [0.25, 0.3) is 0 Å². The van der Waals surface area contributed by atoms with E-state index in [4.69, 9.17) is 4.52 Å². The van der Waals surface area contributed by atoms with Crippen LogP contribution >= 0.6 is 0 Å². The van der Waals surface area contributed by atoms with E-state index < -0.39 is 0 Å². The van der Waals surface area contributed by atoms with Crippen LogP contribution in [-0.4, -0.2) is 15.1 Å². The molecule has 0 aromatic carbocycles. The van der Waals surface area contributed by atoms with Crippen LogP contribution in [0.4, 0.5) is 5.69 Å². The highest BCUT2D eigenvalue weighted by Gasteiger charge is 2.01. The summed E-state index contributed by atoms with van der Waals surface area (Å²) in [6.45, 7) is 4.27. The molecule has 2 aromatic rings. The minimum atomic E-state index is 0.532. The molecule has 0 aliphatic rings. The molecule has 78 valence electrons. The van der Waals surface area contributed by atoms with E-state index in [0.717, 1.165) is 11.4 Å². The van der Waals surface area contributed by atoms with Crippen molar-refractivity contribution in [2.75, 3.05) is 5.32 Å². The Morgan fingerprint density at radius 3 is 2.93 bits per heavy atom. The number of pyridine rings is 1. The molecular weight excluding hydrogens is 192 g/mol. The molecule has 0 spiro atoms. The van der Waals surface area contributed by atoms with Crippen molar-refractivity contribution in [2.45, 2.75) is 20.4 Å². The largest absolute Gasteiger partial charge is 0.376 e. The predicted molar refractivity (Wildman–Crippen MR) is 55.3 cm³/mol. The lowest BCUT2D eigenvalue weighted by Gasteiger charge is -2.02. The van der Waals surface area contributed by atoms with Gasteiger partial charge in [-0.05, 0) is 26.0 Å². The van der Waals surface area contributed by atoms with Gasteiger partial charge in [0.1, 0.15) is 0 Å². The minimum absolute atomic E-state index is 0.532. The number of aryl methyl sites for hydroxylation is 2. The van der Waals surface area contributed by atoms with Gasteiger partial charge in [0.15, 0.2) is 5.82 Å². The van der Waals surface area contributed by atoms with Crippen molar-refractivity contribution in [1.29, 1.82) is 0 Å². The molecule has 0 saturated heterocycles. The summed E-state index contributed by atoms with van der Waals surface area (Å²) in [5.74, 6) is 1.24. The Morgan fingerprint density at radius 1 is 1.40 bits per heavy atom. The summed E-state index contributed by atoms with van der Waals surface area (Å²) in [4.78, 5) is 8.20. The molecule has 5 nitrogen and oxygen atoms in total. The maximum absolute atomic E-state index is 4.98. The number of anilines is 1. The molecule has 1 N–H and O–H groups in total. The van der Waals surface area contributed by atoms with Gasteiger partial charge >= 0.3 is 0 Å². The molecule has 5 heteroatoms. The van der Waals surface area contributed by atoms with E-state index in [1.54, 1.807) is 13.1 Å². The first-order valence-electron chi connectivity index (χ1n) is 4.70. The van der Waals surface area contributed by atoms with Gasteiger partial charge in [-0.3, -0.25) is 4.98 Å². The zero-order valence-corrected chi connectivity index (χ0v) is 8.69. The second-order valence-corrected chi connectivity index (χ2v) is 3.27. The quantitative estimate of drug-likeness (QED) is 0.824. The lowest BCUT2D eigenvalue weighted by atomic mass is 10.3. The highest BCUT2D eigenvalue weighted by molar-refractivity contribution is 5.42. The van der Waals surface area contributed by atoms with Crippen molar-refractivity contribution >= 4 is 5.69 Å². The van der Waals surface area contributed by atoms with Gasteiger partial charge in [0.2, 0.25) is 5.89 Å². The number of hydrogen-bond acceptors (Lipinski definition) is 5. The van der Waals surface area contributed by atoms with E-state index in [9.17, 15) is 0 Å². The average molecular weight is 204 g/mol. The Balaban J connectivity index is 1.99. The highest BCUT2D eigenvalue weighted by atomic mass is 16.5. The first-order valence-corrected chi connectivity index (χ1v) is 4.70. The third-order valence-corrected chi connectivity index (χ3v) is 1.91. The minimum Gasteiger partial charge on any atom is -0.376 e. The standard InChI is InChI=1S/C10H12N4O/c1-7-5-9(3-4-11-7)12-6-10-13-8(2)14-15-10/h3-5H,6H2,1-2H3,(H,11,12). The van der Waals surface area contributed by atoms with E-state index in [1.807, 2.05) is 19.1 Å². The summed E-state index contributed by atoms with van der Waals surface area (Å²) in [6.07, 6.45) is 1.76. The second-order valence-electron chi connectivity index (χ2n) is 3.27. The first kappa shape index (κ1) is 9.64. The Bertz CT molecular complexity index is 452. The summed E-state index contributed by atoms with van der Waals surface area (Å²) >= 11 is 0. The molecule has 0 bridgehead atoms. The maximum atomic E-state index is 4.98. The van der Waals surface area contributed by atoms with Crippen molar-refractivity contribution in [2.24, 2.45) is 0 Å². The molecule has 15 heavy (non-hydrogen) atoms. The van der Waals surface area contributed by atoms with Crippen LogP contribution in [0, 0.1) is 13.8 Å². The van der Waals surface area contributed by atoms with Crippen molar-refractivity contribution in [3.63, 3.8) is 0 Å². The average Bonchev–Trinajstić information content (AvgIpc) is 2.62. The normalized spacial score (nSPS) is 10.3. The summed E-state index contributed by atoms with van der Waals surface area (Å²) in [5, 5.41) is 6.89. The van der Waals surface area contributed by atoms with Gasteiger partial charge in [-0.1, -0.05) is 5.16 Å². The number of nitrogens with zero attached hydrogens (tertiary/aromatic N) is 3.